The summed E-state index contributed by atoms with van der Waals surface area (Å²) in [4.78, 5) is 21.6. The van der Waals surface area contributed by atoms with E-state index in [0.29, 0.717) is 11.6 Å². The Morgan fingerprint density at radius 2 is 1.84 bits per heavy atom. The van der Waals surface area contributed by atoms with Gasteiger partial charge in [0.2, 0.25) is 0 Å². The number of carbonyl (C=O) groups is 1. The van der Waals surface area contributed by atoms with Gasteiger partial charge in [0, 0.05) is 38.3 Å². The van der Waals surface area contributed by atoms with Crippen molar-refractivity contribution in [2.24, 2.45) is 11.7 Å². The molecule has 0 radical (unpaired) electrons. The van der Waals surface area contributed by atoms with Crippen LogP contribution in [0.3, 0.4) is 0 Å². The van der Waals surface area contributed by atoms with E-state index in [0.717, 1.165) is 37.0 Å². The normalized spacial score (nSPS) is 23.1. The zero-order chi connectivity index (χ0) is 26.9. The number of halogens is 3. The number of pyridine rings is 2. The van der Waals surface area contributed by atoms with E-state index in [1.165, 1.54) is 18.2 Å². The molecule has 200 valence electrons. The van der Waals surface area contributed by atoms with Crippen LogP contribution in [0.25, 0.3) is 11.3 Å². The van der Waals surface area contributed by atoms with Crippen LogP contribution in [0.5, 0.6) is 0 Å². The molecule has 3 aromatic rings. The highest BCUT2D eigenvalue weighted by molar-refractivity contribution is 6.03. The summed E-state index contributed by atoms with van der Waals surface area (Å²) in [7, 11) is 0. The average Bonchev–Trinajstić information content (AvgIpc) is 2.88. The van der Waals surface area contributed by atoms with Crippen molar-refractivity contribution in [3.63, 3.8) is 0 Å². The number of rotatable bonds is 5. The third-order valence-corrected chi connectivity index (χ3v) is 7.60. The quantitative estimate of drug-likeness (QED) is 0.435. The van der Waals surface area contributed by atoms with Crippen molar-refractivity contribution in [3.8, 4) is 11.3 Å². The van der Waals surface area contributed by atoms with Gasteiger partial charge in [-0.1, -0.05) is 13.0 Å². The first kappa shape index (κ1) is 26.3. The van der Waals surface area contributed by atoms with Crippen molar-refractivity contribution in [2.75, 3.05) is 18.5 Å². The Kier molecular flexibility index (Phi) is 7.49. The maximum Gasteiger partial charge on any atom is 0.274 e. The Labute approximate surface area is 219 Å². The first-order chi connectivity index (χ1) is 18.2. The van der Waals surface area contributed by atoms with Gasteiger partial charge in [0.25, 0.3) is 5.91 Å². The molecule has 3 atom stereocenters. The molecule has 2 fully saturated rings. The largest absolute Gasteiger partial charge is 0.381 e. The number of anilines is 1. The predicted octanol–water partition coefficient (Wildman–Crippen LogP) is 5.88. The molecule has 3 N–H and O–H groups in total. The molecule has 5 rings (SSSR count). The minimum Gasteiger partial charge on any atom is -0.381 e. The summed E-state index contributed by atoms with van der Waals surface area (Å²) in [5, 5.41) is 2.87. The molecule has 6 nitrogen and oxygen atoms in total. The lowest BCUT2D eigenvalue weighted by Crippen LogP contribution is -2.31. The Morgan fingerprint density at radius 3 is 2.55 bits per heavy atom. The van der Waals surface area contributed by atoms with Crippen molar-refractivity contribution in [3.05, 3.63) is 77.2 Å². The fourth-order valence-corrected chi connectivity index (χ4v) is 5.72. The maximum atomic E-state index is 15.3. The molecular weight excluding hydrogens is 493 g/mol. The summed E-state index contributed by atoms with van der Waals surface area (Å²) in [6.07, 6.45) is 6.06. The number of nitrogens with zero attached hydrogens (tertiary/aromatic N) is 2. The highest BCUT2D eigenvalue weighted by atomic mass is 19.1. The van der Waals surface area contributed by atoms with Crippen LogP contribution in [0.1, 0.15) is 66.6 Å². The van der Waals surface area contributed by atoms with Gasteiger partial charge in [-0.3, -0.25) is 9.78 Å². The van der Waals surface area contributed by atoms with Crippen LogP contribution >= 0.6 is 0 Å². The molecule has 1 saturated carbocycles. The number of benzene rings is 1. The van der Waals surface area contributed by atoms with Crippen molar-refractivity contribution in [1.82, 2.24) is 9.97 Å². The SMILES string of the molecule is C[C@@H]1C[C@H](N)C[C@H](c2ccncc2NC(=O)c2cccc(-c3c(F)cc(C4(F)CCOCC4)cc3F)n2)C1. The zero-order valence-corrected chi connectivity index (χ0v) is 21.2. The van der Waals surface area contributed by atoms with E-state index in [4.69, 9.17) is 10.5 Å². The minimum absolute atomic E-state index is 0.0136. The number of ether oxygens (including phenoxy) is 1. The van der Waals surface area contributed by atoms with Crippen LogP contribution in [0.2, 0.25) is 0 Å². The molecule has 0 unspecified atom stereocenters. The van der Waals surface area contributed by atoms with Crippen molar-refractivity contribution < 1.29 is 22.7 Å². The van der Waals surface area contributed by atoms with Gasteiger partial charge in [-0.05, 0) is 72.6 Å². The fourth-order valence-electron chi connectivity index (χ4n) is 5.72. The first-order valence-electron chi connectivity index (χ1n) is 13.0. The van der Waals surface area contributed by atoms with Gasteiger partial charge in [-0.2, -0.15) is 0 Å². The van der Waals surface area contributed by atoms with Crippen molar-refractivity contribution in [1.29, 1.82) is 0 Å². The minimum atomic E-state index is -1.85. The van der Waals surface area contributed by atoms with Crippen LogP contribution in [-0.4, -0.2) is 35.1 Å². The van der Waals surface area contributed by atoms with E-state index in [1.54, 1.807) is 12.4 Å². The molecular formula is C29H31F3N4O2. The van der Waals surface area contributed by atoms with E-state index in [1.807, 2.05) is 6.07 Å². The number of nitrogens with one attached hydrogen (secondary N) is 1. The van der Waals surface area contributed by atoms with E-state index < -0.39 is 28.8 Å². The molecule has 9 heteroatoms. The molecule has 1 saturated heterocycles. The molecule has 2 aliphatic rings. The Hall–Kier alpha value is -3.30. The van der Waals surface area contributed by atoms with Gasteiger partial charge >= 0.3 is 0 Å². The summed E-state index contributed by atoms with van der Waals surface area (Å²) in [6.45, 7) is 2.54. The fraction of sp³-hybridized carbons (Fsp3) is 0.414. The van der Waals surface area contributed by atoms with Crippen LogP contribution in [0, 0.1) is 17.6 Å². The van der Waals surface area contributed by atoms with E-state index in [9.17, 15) is 4.79 Å². The third-order valence-electron chi connectivity index (χ3n) is 7.60. The highest BCUT2D eigenvalue weighted by Crippen LogP contribution is 2.40. The lowest BCUT2D eigenvalue weighted by Gasteiger charge is -2.32. The summed E-state index contributed by atoms with van der Waals surface area (Å²) in [6, 6.07) is 8.39. The number of amides is 1. The Morgan fingerprint density at radius 1 is 1.11 bits per heavy atom. The Bertz CT molecular complexity index is 1300. The summed E-state index contributed by atoms with van der Waals surface area (Å²) >= 11 is 0. The molecule has 0 bridgehead atoms. The standard InChI is InChI=1S/C29H31F3N4O2/c1-17-11-18(13-20(33)12-17)21-5-8-34-16-26(21)36-28(37)25-4-2-3-24(35-25)27-22(30)14-19(15-23(27)31)29(32)6-9-38-10-7-29/h2-5,8,14-18,20H,6-7,9-13,33H2,1H3,(H,36,37)/t17-,18+,20-/m0/s1. The third kappa shape index (κ3) is 5.44. The highest BCUT2D eigenvalue weighted by Gasteiger charge is 2.36. The second kappa shape index (κ2) is 10.8. The lowest BCUT2D eigenvalue weighted by molar-refractivity contribution is -0.0117. The first-order valence-corrected chi connectivity index (χ1v) is 13.0. The summed E-state index contributed by atoms with van der Waals surface area (Å²) in [5.41, 5.74) is 5.36. The van der Waals surface area contributed by atoms with Crippen LogP contribution in [-0.2, 0) is 10.4 Å². The van der Waals surface area contributed by atoms with Gasteiger partial charge in [-0.25, -0.2) is 18.2 Å². The monoisotopic (exact) mass is 524 g/mol. The van der Waals surface area contributed by atoms with Crippen LogP contribution < -0.4 is 11.1 Å². The molecule has 1 aromatic carbocycles. The van der Waals surface area contributed by atoms with Gasteiger partial charge in [-0.15, -0.1) is 0 Å². The van der Waals surface area contributed by atoms with Gasteiger partial charge < -0.3 is 15.8 Å². The second-order valence-corrected chi connectivity index (χ2v) is 10.5. The number of aromatic nitrogens is 2. The predicted molar refractivity (Wildman–Crippen MR) is 138 cm³/mol. The summed E-state index contributed by atoms with van der Waals surface area (Å²) in [5.74, 6) is -1.76. The Balaban J connectivity index is 1.40. The van der Waals surface area contributed by atoms with Crippen molar-refractivity contribution in [2.45, 2.75) is 56.7 Å². The molecule has 1 aliphatic carbocycles. The van der Waals surface area contributed by atoms with Crippen molar-refractivity contribution >= 4 is 11.6 Å². The molecule has 2 aromatic heterocycles. The smallest absolute Gasteiger partial charge is 0.274 e. The molecule has 38 heavy (non-hydrogen) atoms. The number of nitrogens with two attached hydrogens (primary N) is 1. The van der Waals surface area contributed by atoms with E-state index in [2.05, 4.69) is 22.2 Å². The van der Waals surface area contributed by atoms with E-state index in [-0.39, 0.29) is 55.0 Å². The molecule has 1 amide bonds. The van der Waals surface area contributed by atoms with E-state index >= 15 is 13.2 Å². The number of hydrogen-bond acceptors (Lipinski definition) is 5. The number of hydrogen-bond donors (Lipinski definition) is 2. The average molecular weight is 525 g/mol. The summed E-state index contributed by atoms with van der Waals surface area (Å²) < 4.78 is 50.7. The number of alkyl halides is 1. The topological polar surface area (TPSA) is 90.1 Å². The lowest BCUT2D eigenvalue weighted by atomic mass is 9.76. The molecule has 1 aliphatic heterocycles. The number of carbonyl (C=O) groups excluding carboxylic acids is 1. The molecule has 0 spiro atoms. The van der Waals surface area contributed by atoms with Crippen LogP contribution in [0.4, 0.5) is 18.9 Å². The van der Waals surface area contributed by atoms with Gasteiger partial charge in [0.1, 0.15) is 23.0 Å². The molecule has 3 heterocycles. The zero-order valence-electron chi connectivity index (χ0n) is 21.2. The second-order valence-electron chi connectivity index (χ2n) is 10.5. The van der Waals surface area contributed by atoms with Gasteiger partial charge in [0.05, 0.1) is 23.1 Å². The van der Waals surface area contributed by atoms with Gasteiger partial charge in [0.15, 0.2) is 0 Å². The maximum absolute atomic E-state index is 15.3. The van der Waals surface area contributed by atoms with Crippen LogP contribution in [0.15, 0.2) is 48.8 Å².